The van der Waals surface area contributed by atoms with Gasteiger partial charge in [-0.05, 0) is 93.7 Å². The van der Waals surface area contributed by atoms with Crippen LogP contribution in [0.3, 0.4) is 0 Å². The summed E-state index contributed by atoms with van der Waals surface area (Å²) in [7, 11) is 0. The molecule has 2 nitrogen and oxygen atoms in total. The second-order valence-corrected chi connectivity index (χ2v) is 6.20. The van der Waals surface area contributed by atoms with Crippen LogP contribution in [0.5, 0.6) is 11.5 Å². The fourth-order valence-electron chi connectivity index (χ4n) is 3.83. The molecule has 0 fully saturated rings. The third-order valence-corrected chi connectivity index (χ3v) is 4.86. The molecule has 0 spiro atoms. The number of benzene rings is 3. The zero-order chi connectivity index (χ0) is 14.8. The van der Waals surface area contributed by atoms with E-state index in [2.05, 4.69) is 12.1 Å². The number of phenolic OH excluding ortho intramolecular Hbond substituents is 2. The lowest BCUT2D eigenvalue weighted by molar-refractivity contribution is 0.475. The summed E-state index contributed by atoms with van der Waals surface area (Å²) in [6.07, 6.45) is 1.82. The van der Waals surface area contributed by atoms with Gasteiger partial charge in [-0.2, -0.15) is 0 Å². The van der Waals surface area contributed by atoms with E-state index in [1.807, 2.05) is 24.3 Å². The van der Waals surface area contributed by atoms with Crippen LogP contribution in [0.4, 0.5) is 0 Å². The Balaban J connectivity index is 1.73. The van der Waals surface area contributed by atoms with E-state index in [-0.39, 0.29) is 0 Å². The van der Waals surface area contributed by atoms with Gasteiger partial charge in [0.2, 0.25) is 0 Å². The summed E-state index contributed by atoms with van der Waals surface area (Å²) in [4.78, 5) is 0. The van der Waals surface area contributed by atoms with Crippen molar-refractivity contribution >= 4 is 0 Å². The fourth-order valence-corrected chi connectivity index (χ4v) is 3.83. The maximum Gasteiger partial charge on any atom is 0.116 e. The van der Waals surface area contributed by atoms with Crippen molar-refractivity contribution in [2.45, 2.75) is 12.8 Å². The van der Waals surface area contributed by atoms with Crippen LogP contribution in [0.25, 0.3) is 22.3 Å². The van der Waals surface area contributed by atoms with E-state index < -0.39 is 0 Å². The van der Waals surface area contributed by atoms with Gasteiger partial charge >= 0.3 is 0 Å². The molecule has 2 N–H and O–H groups in total. The van der Waals surface area contributed by atoms with Gasteiger partial charge in [0.15, 0.2) is 0 Å². The van der Waals surface area contributed by atoms with E-state index in [4.69, 9.17) is 0 Å². The molecule has 0 amide bonds. The molecule has 0 aromatic heterocycles. The van der Waals surface area contributed by atoms with Crippen molar-refractivity contribution in [2.24, 2.45) is 0 Å². The first-order valence-corrected chi connectivity index (χ1v) is 7.49. The maximum absolute atomic E-state index is 9.76. The second-order valence-electron chi connectivity index (χ2n) is 6.20. The number of hydrogen-bond donors (Lipinski definition) is 2. The Bertz CT molecular complexity index is 875. The molecule has 3 aromatic rings. The van der Waals surface area contributed by atoms with E-state index >= 15 is 0 Å². The molecular formula is C20H14O2. The van der Waals surface area contributed by atoms with E-state index in [1.54, 1.807) is 12.1 Å². The molecule has 0 bridgehead atoms. The van der Waals surface area contributed by atoms with Crippen molar-refractivity contribution in [3.05, 3.63) is 70.8 Å². The van der Waals surface area contributed by atoms with Crippen LogP contribution in [-0.4, -0.2) is 10.2 Å². The molecule has 5 rings (SSSR count). The Morgan fingerprint density at radius 1 is 0.500 bits per heavy atom. The summed E-state index contributed by atoms with van der Waals surface area (Å²) in [5, 5.41) is 19.5. The normalized spacial score (nSPS) is 13.5. The fraction of sp³-hybridized carbons (Fsp3) is 0.100. The summed E-state index contributed by atoms with van der Waals surface area (Å²) in [6.45, 7) is 0. The van der Waals surface area contributed by atoms with Crippen LogP contribution >= 0.6 is 0 Å². The summed E-state index contributed by atoms with van der Waals surface area (Å²) in [5.74, 6) is 0.639. The molecular weight excluding hydrogens is 272 g/mol. The lowest BCUT2D eigenvalue weighted by Crippen LogP contribution is -1.85. The van der Waals surface area contributed by atoms with Crippen molar-refractivity contribution in [3.63, 3.8) is 0 Å². The minimum atomic E-state index is 0.320. The standard InChI is InChI=1S/C20H14O2/c21-15-3-1-11-5-13-7-18-14(8-17(13)19(11)9-15)6-12-2-4-16(22)10-20(12)18/h1-4,7-10,21-22H,5-6H2. The van der Waals surface area contributed by atoms with E-state index in [1.165, 1.54) is 33.4 Å². The zero-order valence-corrected chi connectivity index (χ0v) is 11.9. The Morgan fingerprint density at radius 2 is 0.909 bits per heavy atom. The Morgan fingerprint density at radius 3 is 1.36 bits per heavy atom. The van der Waals surface area contributed by atoms with Crippen LogP contribution in [-0.2, 0) is 12.8 Å². The zero-order valence-electron chi connectivity index (χ0n) is 11.9. The van der Waals surface area contributed by atoms with Gasteiger partial charge in [0, 0.05) is 0 Å². The number of aromatic hydroxyl groups is 2. The Hall–Kier alpha value is -2.74. The minimum absolute atomic E-state index is 0.320. The highest BCUT2D eigenvalue weighted by Crippen LogP contribution is 2.45. The molecule has 0 saturated carbocycles. The molecule has 2 heteroatoms. The highest BCUT2D eigenvalue weighted by atomic mass is 16.3. The predicted octanol–water partition coefficient (Wildman–Crippen LogP) is 4.24. The Labute approximate surface area is 128 Å². The smallest absolute Gasteiger partial charge is 0.116 e. The first-order valence-electron chi connectivity index (χ1n) is 7.49. The molecule has 0 atom stereocenters. The molecule has 0 heterocycles. The second kappa shape index (κ2) is 3.92. The topological polar surface area (TPSA) is 40.5 Å². The average molecular weight is 286 g/mol. The SMILES string of the molecule is Oc1ccc2c(c1)-c1cc3c(cc1C2)-c1cc(O)ccc1C3. The van der Waals surface area contributed by atoms with Crippen molar-refractivity contribution in [1.29, 1.82) is 0 Å². The van der Waals surface area contributed by atoms with Gasteiger partial charge in [0.25, 0.3) is 0 Å². The van der Waals surface area contributed by atoms with Crippen LogP contribution in [0.15, 0.2) is 48.5 Å². The summed E-state index contributed by atoms with van der Waals surface area (Å²) in [6, 6.07) is 15.8. The van der Waals surface area contributed by atoms with Gasteiger partial charge in [-0.3, -0.25) is 0 Å². The van der Waals surface area contributed by atoms with Gasteiger partial charge in [0.05, 0.1) is 0 Å². The van der Waals surface area contributed by atoms with Crippen molar-refractivity contribution < 1.29 is 10.2 Å². The molecule has 2 aliphatic carbocycles. The van der Waals surface area contributed by atoms with Crippen LogP contribution in [0, 0.1) is 0 Å². The van der Waals surface area contributed by atoms with Gasteiger partial charge in [-0.1, -0.05) is 12.1 Å². The lowest BCUT2D eigenvalue weighted by Gasteiger charge is -2.07. The number of hydrogen-bond acceptors (Lipinski definition) is 2. The predicted molar refractivity (Wildman–Crippen MR) is 86.3 cm³/mol. The first-order chi connectivity index (χ1) is 10.7. The first kappa shape index (κ1) is 11.9. The average Bonchev–Trinajstić information content (AvgIpc) is 3.02. The molecule has 0 aliphatic heterocycles. The largest absolute Gasteiger partial charge is 0.508 e. The molecule has 2 aliphatic rings. The summed E-state index contributed by atoms with van der Waals surface area (Å²) >= 11 is 0. The van der Waals surface area contributed by atoms with Crippen LogP contribution in [0.2, 0.25) is 0 Å². The van der Waals surface area contributed by atoms with E-state index in [9.17, 15) is 10.2 Å². The van der Waals surface area contributed by atoms with E-state index in [0.717, 1.165) is 24.0 Å². The van der Waals surface area contributed by atoms with Gasteiger partial charge < -0.3 is 10.2 Å². The lowest BCUT2D eigenvalue weighted by atomic mass is 9.98. The molecule has 0 saturated heterocycles. The molecule has 0 unspecified atom stereocenters. The molecule has 3 aromatic carbocycles. The Kier molecular flexibility index (Phi) is 2.11. The van der Waals surface area contributed by atoms with Crippen molar-refractivity contribution in [3.8, 4) is 33.8 Å². The number of fused-ring (bicyclic) bond motifs is 6. The highest BCUT2D eigenvalue weighted by molar-refractivity contribution is 5.86. The summed E-state index contributed by atoms with van der Waals surface area (Å²) in [5.41, 5.74) is 9.92. The van der Waals surface area contributed by atoms with Gasteiger partial charge in [0.1, 0.15) is 11.5 Å². The molecule has 106 valence electrons. The summed E-state index contributed by atoms with van der Waals surface area (Å²) < 4.78 is 0. The quantitative estimate of drug-likeness (QED) is 0.447. The van der Waals surface area contributed by atoms with Gasteiger partial charge in [-0.25, -0.2) is 0 Å². The van der Waals surface area contributed by atoms with E-state index in [0.29, 0.717) is 11.5 Å². The van der Waals surface area contributed by atoms with Gasteiger partial charge in [-0.15, -0.1) is 0 Å². The number of phenols is 2. The monoisotopic (exact) mass is 286 g/mol. The van der Waals surface area contributed by atoms with Crippen molar-refractivity contribution in [2.75, 3.05) is 0 Å². The highest BCUT2D eigenvalue weighted by Gasteiger charge is 2.25. The van der Waals surface area contributed by atoms with Crippen LogP contribution < -0.4 is 0 Å². The van der Waals surface area contributed by atoms with Crippen molar-refractivity contribution in [1.82, 2.24) is 0 Å². The minimum Gasteiger partial charge on any atom is -0.508 e. The molecule has 22 heavy (non-hydrogen) atoms. The van der Waals surface area contributed by atoms with Crippen LogP contribution in [0.1, 0.15) is 22.3 Å². The molecule has 0 radical (unpaired) electrons. The number of rotatable bonds is 0. The maximum atomic E-state index is 9.76. The third kappa shape index (κ3) is 1.49. The third-order valence-electron chi connectivity index (χ3n) is 4.86.